The molecule has 3 heteroatoms. The summed E-state index contributed by atoms with van der Waals surface area (Å²) in [7, 11) is 1.54. The Balaban J connectivity index is 2.27. The van der Waals surface area contributed by atoms with E-state index in [4.69, 9.17) is 16.3 Å². The Morgan fingerprint density at radius 3 is 2.62 bits per heavy atom. The molecule has 0 bridgehead atoms. The molecule has 2 rings (SSSR count). The third-order valence-electron chi connectivity index (χ3n) is 3.57. The average molecular weight is 243 g/mol. The van der Waals surface area contributed by atoms with Crippen molar-refractivity contribution in [2.24, 2.45) is 5.92 Å². The van der Waals surface area contributed by atoms with E-state index in [-0.39, 0.29) is 17.1 Å². The van der Waals surface area contributed by atoms with E-state index in [0.717, 1.165) is 18.4 Å². The summed E-state index contributed by atoms with van der Waals surface area (Å²) in [5.41, 5.74) is 0.774. The minimum absolute atomic E-state index is 0.173. The second-order valence-corrected chi connectivity index (χ2v) is 5.01. The van der Waals surface area contributed by atoms with Crippen molar-refractivity contribution < 1.29 is 9.13 Å². The lowest BCUT2D eigenvalue weighted by atomic mass is 9.90. The number of alkyl halides is 1. The molecule has 1 aromatic rings. The molecule has 0 amide bonds. The molecule has 3 unspecified atom stereocenters. The maximum Gasteiger partial charge on any atom is 0.130 e. The van der Waals surface area contributed by atoms with Gasteiger partial charge in [0, 0.05) is 11.4 Å². The van der Waals surface area contributed by atoms with Gasteiger partial charge in [-0.3, -0.25) is 0 Å². The van der Waals surface area contributed by atoms with Crippen LogP contribution >= 0.6 is 11.6 Å². The van der Waals surface area contributed by atoms with Gasteiger partial charge in [0.1, 0.15) is 11.6 Å². The Hall–Kier alpha value is -0.760. The fourth-order valence-corrected chi connectivity index (χ4v) is 2.79. The van der Waals surface area contributed by atoms with Crippen molar-refractivity contribution in [3.8, 4) is 5.75 Å². The molecule has 1 saturated carbocycles. The third kappa shape index (κ3) is 2.03. The molecule has 1 nitrogen and oxygen atoms in total. The van der Waals surface area contributed by atoms with Gasteiger partial charge in [0.15, 0.2) is 0 Å². The summed E-state index contributed by atoms with van der Waals surface area (Å²) in [6.07, 6.45) is 1.94. The highest BCUT2D eigenvalue weighted by Crippen LogP contribution is 2.43. The van der Waals surface area contributed by atoms with E-state index < -0.39 is 0 Å². The van der Waals surface area contributed by atoms with Gasteiger partial charge in [-0.1, -0.05) is 13.0 Å². The lowest BCUT2D eigenvalue weighted by Gasteiger charge is -2.18. The minimum atomic E-state index is -0.179. The summed E-state index contributed by atoms with van der Waals surface area (Å²) in [4.78, 5) is 0. The number of methoxy groups -OCH3 is 1. The number of halogens is 2. The van der Waals surface area contributed by atoms with Crippen molar-refractivity contribution in [1.29, 1.82) is 0 Å². The third-order valence-corrected chi connectivity index (χ3v) is 4.18. The molecule has 0 N–H and O–H groups in total. The predicted molar refractivity (Wildman–Crippen MR) is 63.7 cm³/mol. The van der Waals surface area contributed by atoms with Crippen molar-refractivity contribution in [2.75, 3.05) is 7.11 Å². The van der Waals surface area contributed by atoms with Gasteiger partial charge in [0.25, 0.3) is 0 Å². The lowest BCUT2D eigenvalue weighted by Crippen LogP contribution is -2.10. The van der Waals surface area contributed by atoms with Crippen LogP contribution in [0.4, 0.5) is 4.39 Å². The maximum atomic E-state index is 13.9. The highest BCUT2D eigenvalue weighted by molar-refractivity contribution is 6.21. The highest BCUT2D eigenvalue weighted by atomic mass is 35.5. The molecule has 1 aliphatic carbocycles. The zero-order valence-electron chi connectivity index (χ0n) is 9.54. The van der Waals surface area contributed by atoms with Gasteiger partial charge in [0.05, 0.1) is 7.11 Å². The fourth-order valence-electron chi connectivity index (χ4n) is 2.49. The standard InChI is InChI=1S/C13H16ClFO/c1-8-10(5-6-12(8)14)11-4-3-9(16-2)7-13(11)15/h3-4,7-8,10,12H,5-6H2,1-2H3. The van der Waals surface area contributed by atoms with Gasteiger partial charge >= 0.3 is 0 Å². The van der Waals surface area contributed by atoms with Crippen LogP contribution in [0.2, 0.25) is 0 Å². The molecule has 0 aromatic heterocycles. The van der Waals surface area contributed by atoms with Crippen LogP contribution in [-0.4, -0.2) is 12.5 Å². The van der Waals surface area contributed by atoms with Gasteiger partial charge in [-0.25, -0.2) is 4.39 Å². The van der Waals surface area contributed by atoms with Crippen LogP contribution in [0.3, 0.4) is 0 Å². The second kappa shape index (κ2) is 4.62. The molecule has 0 aliphatic heterocycles. The number of hydrogen-bond donors (Lipinski definition) is 0. The number of rotatable bonds is 2. The maximum absolute atomic E-state index is 13.9. The van der Waals surface area contributed by atoms with Crippen LogP contribution in [0, 0.1) is 11.7 Å². The quantitative estimate of drug-likeness (QED) is 0.714. The highest BCUT2D eigenvalue weighted by Gasteiger charge is 2.33. The lowest BCUT2D eigenvalue weighted by molar-refractivity contribution is 0.409. The molecule has 0 radical (unpaired) electrons. The second-order valence-electron chi connectivity index (χ2n) is 4.45. The van der Waals surface area contributed by atoms with Crippen molar-refractivity contribution in [1.82, 2.24) is 0 Å². The van der Waals surface area contributed by atoms with Gasteiger partial charge in [-0.15, -0.1) is 11.6 Å². The summed E-state index contributed by atoms with van der Waals surface area (Å²) in [6, 6.07) is 5.08. The van der Waals surface area contributed by atoms with E-state index in [9.17, 15) is 4.39 Å². The van der Waals surface area contributed by atoms with Crippen LogP contribution < -0.4 is 4.74 Å². The summed E-state index contributed by atoms with van der Waals surface area (Å²) in [5, 5.41) is 0.173. The first kappa shape index (κ1) is 11.7. The SMILES string of the molecule is COc1ccc(C2CCC(Cl)C2C)c(F)c1. The molecule has 16 heavy (non-hydrogen) atoms. The predicted octanol–water partition coefficient (Wildman–Crippen LogP) is 3.96. The molecule has 1 fully saturated rings. The van der Waals surface area contributed by atoms with Crippen LogP contribution in [0.15, 0.2) is 18.2 Å². The molecule has 0 saturated heterocycles. The van der Waals surface area contributed by atoms with E-state index in [1.165, 1.54) is 6.07 Å². The topological polar surface area (TPSA) is 9.23 Å². The molecule has 0 heterocycles. The Morgan fingerprint density at radius 2 is 2.12 bits per heavy atom. The first-order valence-electron chi connectivity index (χ1n) is 5.61. The van der Waals surface area contributed by atoms with Crippen LogP contribution in [-0.2, 0) is 0 Å². The molecular weight excluding hydrogens is 227 g/mol. The number of hydrogen-bond acceptors (Lipinski definition) is 1. The minimum Gasteiger partial charge on any atom is -0.497 e. The van der Waals surface area contributed by atoms with Crippen LogP contribution in [0.5, 0.6) is 5.75 Å². The largest absolute Gasteiger partial charge is 0.497 e. The average Bonchev–Trinajstić information content (AvgIpc) is 2.60. The number of benzene rings is 1. The molecular formula is C13H16ClFO. The van der Waals surface area contributed by atoms with Crippen molar-refractivity contribution >= 4 is 11.6 Å². The molecule has 1 aromatic carbocycles. The van der Waals surface area contributed by atoms with E-state index in [1.54, 1.807) is 7.11 Å². The van der Waals surface area contributed by atoms with E-state index in [1.807, 2.05) is 12.1 Å². The Bertz CT molecular complexity index is 380. The summed E-state index contributed by atoms with van der Waals surface area (Å²) >= 11 is 6.17. The van der Waals surface area contributed by atoms with Gasteiger partial charge in [0.2, 0.25) is 0 Å². The Morgan fingerprint density at radius 1 is 1.38 bits per heavy atom. The van der Waals surface area contributed by atoms with E-state index in [2.05, 4.69) is 6.92 Å². The summed E-state index contributed by atoms with van der Waals surface area (Å²) in [5.74, 6) is 0.967. The normalized spacial score (nSPS) is 29.4. The first-order valence-corrected chi connectivity index (χ1v) is 6.04. The fraction of sp³-hybridized carbons (Fsp3) is 0.538. The zero-order valence-corrected chi connectivity index (χ0v) is 10.3. The van der Waals surface area contributed by atoms with Crippen molar-refractivity contribution in [3.05, 3.63) is 29.6 Å². The zero-order chi connectivity index (χ0) is 11.7. The monoisotopic (exact) mass is 242 g/mol. The molecule has 0 spiro atoms. The van der Waals surface area contributed by atoms with Gasteiger partial charge < -0.3 is 4.74 Å². The van der Waals surface area contributed by atoms with Crippen molar-refractivity contribution in [2.45, 2.75) is 31.1 Å². The van der Waals surface area contributed by atoms with E-state index >= 15 is 0 Å². The first-order chi connectivity index (χ1) is 7.63. The summed E-state index contributed by atoms with van der Waals surface area (Å²) < 4.78 is 18.9. The van der Waals surface area contributed by atoms with E-state index in [0.29, 0.717) is 11.7 Å². The van der Waals surface area contributed by atoms with Gasteiger partial charge in [-0.2, -0.15) is 0 Å². The molecule has 1 aliphatic rings. The Kier molecular flexibility index (Phi) is 3.38. The van der Waals surface area contributed by atoms with Crippen LogP contribution in [0.1, 0.15) is 31.2 Å². The number of ether oxygens (including phenoxy) is 1. The molecule has 3 atom stereocenters. The van der Waals surface area contributed by atoms with Crippen LogP contribution in [0.25, 0.3) is 0 Å². The smallest absolute Gasteiger partial charge is 0.130 e. The Labute approximate surface area is 101 Å². The summed E-state index contributed by atoms with van der Waals surface area (Å²) in [6.45, 7) is 2.10. The van der Waals surface area contributed by atoms with Crippen molar-refractivity contribution in [3.63, 3.8) is 0 Å². The van der Waals surface area contributed by atoms with Gasteiger partial charge in [-0.05, 0) is 36.3 Å². The molecule has 88 valence electrons.